The predicted octanol–water partition coefficient (Wildman–Crippen LogP) is 2.84. The molecule has 0 amide bonds. The molecule has 0 aliphatic heterocycles. The van der Waals surface area contributed by atoms with Gasteiger partial charge in [-0.2, -0.15) is 0 Å². The number of hydrogen-bond donors (Lipinski definition) is 2. The Balaban J connectivity index is 1.54. The molecule has 1 saturated carbocycles. The molecule has 1 aliphatic carbocycles. The summed E-state index contributed by atoms with van der Waals surface area (Å²) in [5.74, 6) is 1.26. The van der Waals surface area contributed by atoms with Crippen molar-refractivity contribution in [2.75, 3.05) is 19.8 Å². The van der Waals surface area contributed by atoms with E-state index in [0.29, 0.717) is 35.5 Å². The topological polar surface area (TPSA) is 70.6 Å². The Morgan fingerprint density at radius 1 is 1.14 bits per heavy atom. The van der Waals surface area contributed by atoms with Crippen LogP contribution >= 0.6 is 0 Å². The van der Waals surface area contributed by atoms with Gasteiger partial charge in [0.2, 0.25) is 0 Å². The molecule has 2 aromatic rings. The lowest BCUT2D eigenvalue weighted by molar-refractivity contribution is 0.599. The van der Waals surface area contributed by atoms with Crippen molar-refractivity contribution in [3.63, 3.8) is 0 Å². The maximum absolute atomic E-state index is 13.6. The van der Waals surface area contributed by atoms with Crippen LogP contribution in [0.15, 0.2) is 53.5 Å². The monoisotopic (exact) mass is 403 g/mol. The lowest BCUT2D eigenvalue weighted by Crippen LogP contribution is -2.38. The number of nitrogens with one attached hydrogen (secondary N) is 2. The van der Waals surface area contributed by atoms with E-state index in [1.54, 1.807) is 7.05 Å². The van der Waals surface area contributed by atoms with Crippen LogP contribution in [0, 0.1) is 11.7 Å². The van der Waals surface area contributed by atoms with Crippen LogP contribution in [0.3, 0.4) is 0 Å². The minimum atomic E-state index is -3.20. The van der Waals surface area contributed by atoms with Gasteiger partial charge in [-0.15, -0.1) is 0 Å². The summed E-state index contributed by atoms with van der Waals surface area (Å²) in [6.07, 6.45) is 2.32. The van der Waals surface area contributed by atoms with Crippen LogP contribution < -0.4 is 10.6 Å². The first-order valence-electron chi connectivity index (χ1n) is 9.30. The summed E-state index contributed by atoms with van der Waals surface area (Å²) >= 11 is 0. The lowest BCUT2D eigenvalue weighted by Gasteiger charge is -2.14. The van der Waals surface area contributed by atoms with Crippen molar-refractivity contribution in [3.05, 3.63) is 71.0 Å². The van der Waals surface area contributed by atoms with Gasteiger partial charge in [-0.1, -0.05) is 36.4 Å². The van der Waals surface area contributed by atoms with E-state index in [4.69, 9.17) is 0 Å². The number of guanidine groups is 1. The maximum atomic E-state index is 13.6. The van der Waals surface area contributed by atoms with Crippen LogP contribution in [0.1, 0.15) is 29.0 Å². The molecule has 7 heteroatoms. The molecule has 2 atom stereocenters. The highest BCUT2D eigenvalue weighted by Gasteiger charge is 2.37. The highest BCUT2D eigenvalue weighted by atomic mass is 32.2. The average molecular weight is 404 g/mol. The van der Waals surface area contributed by atoms with Gasteiger partial charge in [-0.3, -0.25) is 4.99 Å². The quantitative estimate of drug-likeness (QED) is 0.551. The summed E-state index contributed by atoms with van der Waals surface area (Å²) in [5, 5.41) is 6.46. The van der Waals surface area contributed by atoms with E-state index in [2.05, 4.69) is 39.9 Å². The molecule has 0 heterocycles. The largest absolute Gasteiger partial charge is 0.356 e. The third-order valence-corrected chi connectivity index (χ3v) is 5.77. The van der Waals surface area contributed by atoms with Gasteiger partial charge in [0.05, 0.1) is 5.75 Å². The summed E-state index contributed by atoms with van der Waals surface area (Å²) in [6, 6.07) is 14.6. The zero-order valence-corrected chi connectivity index (χ0v) is 17.0. The number of aliphatic imine (C=N–C) groups is 1. The molecule has 5 nitrogen and oxygen atoms in total. The molecule has 0 radical (unpaired) electrons. The number of rotatable bonds is 7. The predicted molar refractivity (Wildman–Crippen MR) is 110 cm³/mol. The van der Waals surface area contributed by atoms with Crippen molar-refractivity contribution in [3.8, 4) is 0 Å². The van der Waals surface area contributed by atoms with Gasteiger partial charge in [0, 0.05) is 26.4 Å². The number of nitrogens with zero attached hydrogens (tertiary/aromatic N) is 1. The third-order valence-electron chi connectivity index (χ3n) is 4.94. The average Bonchev–Trinajstić information content (AvgIpc) is 3.43. The number of hydrogen-bond acceptors (Lipinski definition) is 3. The fourth-order valence-corrected chi connectivity index (χ4v) is 4.24. The molecule has 150 valence electrons. The maximum Gasteiger partial charge on any atom is 0.191 e. The normalized spacial score (nSPS) is 19.3. The van der Waals surface area contributed by atoms with Gasteiger partial charge in [-0.05, 0) is 47.1 Å². The van der Waals surface area contributed by atoms with Gasteiger partial charge in [0.25, 0.3) is 0 Å². The number of halogens is 1. The highest BCUT2D eigenvalue weighted by Crippen LogP contribution is 2.46. The van der Waals surface area contributed by atoms with E-state index in [1.165, 1.54) is 30.0 Å². The van der Waals surface area contributed by atoms with Crippen LogP contribution in [-0.2, 0) is 22.1 Å². The van der Waals surface area contributed by atoms with E-state index in [-0.39, 0.29) is 11.6 Å². The zero-order chi connectivity index (χ0) is 20.1. The first-order chi connectivity index (χ1) is 13.4. The molecular weight excluding hydrogens is 377 g/mol. The van der Waals surface area contributed by atoms with Gasteiger partial charge in [0.1, 0.15) is 5.82 Å². The zero-order valence-electron chi connectivity index (χ0n) is 16.2. The Kier molecular flexibility index (Phi) is 6.34. The van der Waals surface area contributed by atoms with Gasteiger partial charge in [-0.25, -0.2) is 12.8 Å². The van der Waals surface area contributed by atoms with Crippen LogP contribution in [0.5, 0.6) is 0 Å². The summed E-state index contributed by atoms with van der Waals surface area (Å²) < 4.78 is 36.9. The van der Waals surface area contributed by atoms with Crippen molar-refractivity contribution in [2.45, 2.75) is 24.6 Å². The number of sulfone groups is 1. The first-order valence-corrected chi connectivity index (χ1v) is 11.4. The second kappa shape index (κ2) is 8.73. The SMILES string of the molecule is CN=C(NCc1cc(F)ccc1CS(C)(=O)=O)NCC1CC1c1ccccc1. The third kappa shape index (κ3) is 5.79. The Morgan fingerprint density at radius 3 is 2.57 bits per heavy atom. The lowest BCUT2D eigenvalue weighted by atomic mass is 10.1. The molecule has 0 spiro atoms. The second-order valence-electron chi connectivity index (χ2n) is 7.30. The molecular formula is C21H26FN3O2S. The van der Waals surface area contributed by atoms with Crippen molar-refractivity contribution in [1.29, 1.82) is 0 Å². The molecule has 1 fully saturated rings. The molecule has 28 heavy (non-hydrogen) atoms. The second-order valence-corrected chi connectivity index (χ2v) is 9.44. The van der Waals surface area contributed by atoms with Gasteiger partial charge < -0.3 is 10.6 Å². The molecule has 1 aliphatic rings. The smallest absolute Gasteiger partial charge is 0.191 e. The molecule has 0 aromatic heterocycles. The van der Waals surface area contributed by atoms with Crippen LogP contribution in [0.4, 0.5) is 4.39 Å². The molecule has 3 rings (SSSR count). The molecule has 0 bridgehead atoms. The number of benzene rings is 2. The summed E-state index contributed by atoms with van der Waals surface area (Å²) in [4.78, 5) is 4.21. The molecule has 2 unspecified atom stereocenters. The van der Waals surface area contributed by atoms with Crippen LogP contribution in [0.2, 0.25) is 0 Å². The van der Waals surface area contributed by atoms with Crippen LogP contribution in [0.25, 0.3) is 0 Å². The van der Waals surface area contributed by atoms with E-state index in [1.807, 2.05) is 6.07 Å². The van der Waals surface area contributed by atoms with Crippen molar-refractivity contribution in [2.24, 2.45) is 10.9 Å². The fraction of sp³-hybridized carbons (Fsp3) is 0.381. The highest BCUT2D eigenvalue weighted by molar-refractivity contribution is 7.89. The Labute approximate surface area is 166 Å². The fourth-order valence-electron chi connectivity index (χ4n) is 3.39. The van der Waals surface area contributed by atoms with Gasteiger partial charge in [0.15, 0.2) is 15.8 Å². The minimum absolute atomic E-state index is 0.114. The molecule has 0 saturated heterocycles. The van der Waals surface area contributed by atoms with Crippen molar-refractivity contribution in [1.82, 2.24) is 10.6 Å². The Hall–Kier alpha value is -2.41. The van der Waals surface area contributed by atoms with E-state index < -0.39 is 9.84 Å². The summed E-state index contributed by atoms with van der Waals surface area (Å²) in [6.45, 7) is 1.10. The summed E-state index contributed by atoms with van der Waals surface area (Å²) in [5.41, 5.74) is 2.57. The van der Waals surface area contributed by atoms with Gasteiger partial charge >= 0.3 is 0 Å². The van der Waals surface area contributed by atoms with E-state index in [9.17, 15) is 12.8 Å². The standard InChI is InChI=1S/C21H26FN3O2S/c1-23-21(25-13-18-11-20(18)15-6-4-3-5-7-15)24-12-17-10-19(22)9-8-16(17)14-28(2,26)27/h3-10,18,20H,11-14H2,1-2H3,(H2,23,24,25). The Bertz CT molecular complexity index is 945. The first kappa shape index (κ1) is 20.3. The molecule has 2 aromatic carbocycles. The van der Waals surface area contributed by atoms with Crippen molar-refractivity contribution < 1.29 is 12.8 Å². The van der Waals surface area contributed by atoms with Crippen molar-refractivity contribution >= 4 is 15.8 Å². The minimum Gasteiger partial charge on any atom is -0.356 e. The summed E-state index contributed by atoms with van der Waals surface area (Å²) in [7, 11) is -1.52. The van der Waals surface area contributed by atoms with E-state index >= 15 is 0 Å². The van der Waals surface area contributed by atoms with E-state index in [0.717, 1.165) is 13.0 Å². The van der Waals surface area contributed by atoms with Crippen LogP contribution in [-0.4, -0.2) is 34.2 Å². The Morgan fingerprint density at radius 2 is 1.89 bits per heavy atom. The molecule has 2 N–H and O–H groups in total.